The molecule has 0 spiro atoms. The van der Waals surface area contributed by atoms with Gasteiger partial charge in [-0.25, -0.2) is 4.39 Å². The lowest BCUT2D eigenvalue weighted by Gasteiger charge is -2.08. The Bertz CT molecular complexity index is 494. The smallest absolute Gasteiger partial charge is 0.164 e. The van der Waals surface area contributed by atoms with Crippen molar-refractivity contribution in [3.05, 3.63) is 46.5 Å². The normalized spacial score (nSPS) is 10.4. The highest BCUT2D eigenvalue weighted by Crippen LogP contribution is 2.36. The van der Waals surface area contributed by atoms with Gasteiger partial charge in [-0.3, -0.25) is 4.98 Å². The lowest BCUT2D eigenvalue weighted by Crippen LogP contribution is -1.96. The van der Waals surface area contributed by atoms with Crippen LogP contribution in [0.3, 0.4) is 0 Å². The SMILES string of the molecule is Nc1c(F)cncc1-c1cccc(Cl)c1Cl. The van der Waals surface area contributed by atoms with Gasteiger partial charge in [0.05, 0.1) is 21.9 Å². The maximum atomic E-state index is 13.2. The van der Waals surface area contributed by atoms with Crippen molar-refractivity contribution in [1.82, 2.24) is 4.98 Å². The molecule has 0 fully saturated rings. The number of aromatic nitrogens is 1. The number of nitrogens with two attached hydrogens (primary N) is 1. The Labute approximate surface area is 102 Å². The fourth-order valence-corrected chi connectivity index (χ4v) is 1.77. The molecule has 0 atom stereocenters. The van der Waals surface area contributed by atoms with Crippen molar-refractivity contribution in [2.24, 2.45) is 0 Å². The quantitative estimate of drug-likeness (QED) is 0.844. The molecular weight excluding hydrogens is 250 g/mol. The Morgan fingerprint density at radius 1 is 1.12 bits per heavy atom. The van der Waals surface area contributed by atoms with Crippen LogP contribution in [-0.2, 0) is 0 Å². The second-order valence-corrected chi connectivity index (χ2v) is 3.97. The average Bonchev–Trinajstić information content (AvgIpc) is 2.27. The van der Waals surface area contributed by atoms with Crippen LogP contribution in [0.2, 0.25) is 10.0 Å². The monoisotopic (exact) mass is 256 g/mol. The van der Waals surface area contributed by atoms with E-state index in [2.05, 4.69) is 4.98 Å². The van der Waals surface area contributed by atoms with Gasteiger partial charge in [0.25, 0.3) is 0 Å². The standard InChI is InChI=1S/C11H7Cl2FN2/c12-8-3-1-2-6(10(8)13)7-4-16-5-9(14)11(7)15/h1-5H,(H2,15,16). The van der Waals surface area contributed by atoms with Crippen molar-refractivity contribution in [2.45, 2.75) is 0 Å². The van der Waals surface area contributed by atoms with Gasteiger partial charge >= 0.3 is 0 Å². The third-order valence-electron chi connectivity index (χ3n) is 2.18. The molecule has 2 N–H and O–H groups in total. The number of benzene rings is 1. The Balaban J connectivity index is 2.68. The lowest BCUT2D eigenvalue weighted by atomic mass is 10.1. The third kappa shape index (κ3) is 1.84. The van der Waals surface area contributed by atoms with E-state index in [1.807, 2.05) is 0 Å². The molecule has 0 unspecified atom stereocenters. The summed E-state index contributed by atoms with van der Waals surface area (Å²) in [6, 6.07) is 5.07. The molecule has 1 heterocycles. The Kier molecular flexibility index (Phi) is 2.99. The molecule has 0 amide bonds. The number of hydrogen-bond acceptors (Lipinski definition) is 2. The van der Waals surface area contributed by atoms with Crippen molar-refractivity contribution in [3.63, 3.8) is 0 Å². The van der Waals surface area contributed by atoms with Crippen LogP contribution in [0.25, 0.3) is 11.1 Å². The van der Waals surface area contributed by atoms with Crippen LogP contribution in [0.5, 0.6) is 0 Å². The number of hydrogen-bond donors (Lipinski definition) is 1. The number of pyridine rings is 1. The maximum absolute atomic E-state index is 13.2. The van der Waals surface area contributed by atoms with E-state index in [9.17, 15) is 4.39 Å². The number of nitrogen functional groups attached to an aromatic ring is 1. The number of halogens is 3. The summed E-state index contributed by atoms with van der Waals surface area (Å²) in [7, 11) is 0. The fourth-order valence-electron chi connectivity index (χ4n) is 1.37. The highest BCUT2D eigenvalue weighted by molar-refractivity contribution is 6.43. The van der Waals surface area contributed by atoms with Gasteiger partial charge in [-0.1, -0.05) is 35.3 Å². The zero-order chi connectivity index (χ0) is 11.7. The van der Waals surface area contributed by atoms with Crippen molar-refractivity contribution < 1.29 is 4.39 Å². The summed E-state index contributed by atoms with van der Waals surface area (Å²) in [4.78, 5) is 3.74. The van der Waals surface area contributed by atoms with Gasteiger partial charge in [-0.15, -0.1) is 0 Å². The molecule has 0 aliphatic rings. The minimum atomic E-state index is -0.575. The van der Waals surface area contributed by atoms with Crippen molar-refractivity contribution in [2.75, 3.05) is 5.73 Å². The van der Waals surface area contributed by atoms with Gasteiger partial charge in [0.2, 0.25) is 0 Å². The molecule has 2 nitrogen and oxygen atoms in total. The Hall–Kier alpha value is -1.32. The van der Waals surface area contributed by atoms with Gasteiger partial charge in [0.15, 0.2) is 5.82 Å². The first-order chi connectivity index (χ1) is 7.61. The fraction of sp³-hybridized carbons (Fsp3) is 0. The molecule has 1 aromatic heterocycles. The van der Waals surface area contributed by atoms with Crippen molar-refractivity contribution in [1.29, 1.82) is 0 Å². The molecule has 82 valence electrons. The van der Waals surface area contributed by atoms with E-state index in [1.165, 1.54) is 6.20 Å². The van der Waals surface area contributed by atoms with E-state index in [0.29, 0.717) is 21.2 Å². The zero-order valence-electron chi connectivity index (χ0n) is 8.05. The van der Waals surface area contributed by atoms with E-state index in [4.69, 9.17) is 28.9 Å². The zero-order valence-corrected chi connectivity index (χ0v) is 9.56. The molecule has 2 rings (SSSR count). The molecule has 1 aromatic carbocycles. The average molecular weight is 257 g/mol. The van der Waals surface area contributed by atoms with Crippen LogP contribution < -0.4 is 5.73 Å². The summed E-state index contributed by atoms with van der Waals surface area (Å²) in [5, 5.41) is 0.728. The number of nitrogens with zero attached hydrogens (tertiary/aromatic N) is 1. The first-order valence-corrected chi connectivity index (χ1v) is 5.20. The first kappa shape index (κ1) is 11.2. The molecule has 0 radical (unpaired) electrons. The van der Waals surface area contributed by atoms with Crippen LogP contribution in [0.4, 0.5) is 10.1 Å². The van der Waals surface area contributed by atoms with Gasteiger partial charge in [-0.05, 0) is 6.07 Å². The molecule has 0 aliphatic heterocycles. The summed E-state index contributed by atoms with van der Waals surface area (Å²) >= 11 is 11.9. The van der Waals surface area contributed by atoms with Crippen LogP contribution in [0.15, 0.2) is 30.6 Å². The molecule has 5 heteroatoms. The Morgan fingerprint density at radius 2 is 1.88 bits per heavy atom. The van der Waals surface area contributed by atoms with Crippen LogP contribution in [0, 0.1) is 5.82 Å². The minimum Gasteiger partial charge on any atom is -0.396 e. The van der Waals surface area contributed by atoms with E-state index >= 15 is 0 Å². The predicted molar refractivity (Wildman–Crippen MR) is 64.1 cm³/mol. The topological polar surface area (TPSA) is 38.9 Å². The summed E-state index contributed by atoms with van der Waals surface area (Å²) < 4.78 is 13.2. The lowest BCUT2D eigenvalue weighted by molar-refractivity contribution is 0.627. The van der Waals surface area contributed by atoms with Gasteiger partial charge in [0.1, 0.15) is 0 Å². The predicted octanol–water partition coefficient (Wildman–Crippen LogP) is 3.78. The largest absolute Gasteiger partial charge is 0.396 e. The molecule has 16 heavy (non-hydrogen) atoms. The molecule has 0 bridgehead atoms. The highest BCUT2D eigenvalue weighted by atomic mass is 35.5. The first-order valence-electron chi connectivity index (χ1n) is 4.44. The van der Waals surface area contributed by atoms with Crippen molar-refractivity contribution >= 4 is 28.9 Å². The number of anilines is 1. The summed E-state index contributed by atoms with van der Waals surface area (Å²) in [6.45, 7) is 0. The van der Waals surface area contributed by atoms with Crippen molar-refractivity contribution in [3.8, 4) is 11.1 Å². The molecular formula is C11H7Cl2FN2. The molecule has 0 saturated carbocycles. The van der Waals surface area contributed by atoms with Gasteiger partial charge in [0, 0.05) is 17.3 Å². The number of rotatable bonds is 1. The van der Waals surface area contributed by atoms with Crippen LogP contribution in [0.1, 0.15) is 0 Å². The summed E-state index contributed by atoms with van der Waals surface area (Å²) in [5.74, 6) is -0.575. The Morgan fingerprint density at radius 3 is 2.62 bits per heavy atom. The second-order valence-electron chi connectivity index (χ2n) is 3.18. The van der Waals surface area contributed by atoms with E-state index < -0.39 is 5.82 Å². The van der Waals surface area contributed by atoms with Gasteiger partial charge in [-0.2, -0.15) is 0 Å². The third-order valence-corrected chi connectivity index (χ3v) is 3.00. The highest BCUT2D eigenvalue weighted by Gasteiger charge is 2.12. The summed E-state index contributed by atoms with van der Waals surface area (Å²) in [5.41, 5.74) is 6.64. The molecule has 2 aromatic rings. The maximum Gasteiger partial charge on any atom is 0.164 e. The molecule has 0 saturated heterocycles. The van der Waals surface area contributed by atoms with E-state index in [1.54, 1.807) is 18.2 Å². The van der Waals surface area contributed by atoms with Crippen LogP contribution >= 0.6 is 23.2 Å². The van der Waals surface area contributed by atoms with Crippen LogP contribution in [-0.4, -0.2) is 4.98 Å². The minimum absolute atomic E-state index is 0.0131. The van der Waals surface area contributed by atoms with E-state index in [0.717, 1.165) is 6.20 Å². The summed E-state index contributed by atoms with van der Waals surface area (Å²) in [6.07, 6.45) is 2.51. The van der Waals surface area contributed by atoms with E-state index in [-0.39, 0.29) is 5.69 Å². The molecule has 0 aliphatic carbocycles. The van der Waals surface area contributed by atoms with Gasteiger partial charge < -0.3 is 5.73 Å². The second kappa shape index (κ2) is 4.28.